The van der Waals surface area contributed by atoms with E-state index in [1.54, 1.807) is 36.4 Å². The van der Waals surface area contributed by atoms with Gasteiger partial charge in [-0.3, -0.25) is 9.89 Å². The predicted molar refractivity (Wildman–Crippen MR) is 114 cm³/mol. The number of aromatic nitrogens is 2. The largest absolute Gasteiger partial charge is 0.423 e. The first kappa shape index (κ1) is 19.1. The lowest BCUT2D eigenvalue weighted by Gasteiger charge is -2.07. The Kier molecular flexibility index (Phi) is 5.34. The van der Waals surface area contributed by atoms with Crippen LogP contribution in [0.15, 0.2) is 77.9 Å². The number of hydrazone groups is 1. The molecule has 0 aliphatic rings. The summed E-state index contributed by atoms with van der Waals surface area (Å²) in [6, 6.07) is 21.6. The Morgan fingerprint density at radius 1 is 1.03 bits per heavy atom. The quantitative estimate of drug-likeness (QED) is 0.231. The Morgan fingerprint density at radius 3 is 2.57 bits per heavy atom. The molecular formula is C23H18N4O3. The van der Waals surface area contributed by atoms with Gasteiger partial charge in [0.15, 0.2) is 5.69 Å². The third-order valence-corrected chi connectivity index (χ3v) is 4.42. The van der Waals surface area contributed by atoms with Crippen molar-refractivity contribution in [3.8, 4) is 5.75 Å². The number of amides is 1. The van der Waals surface area contributed by atoms with Gasteiger partial charge in [-0.05, 0) is 59.7 Å². The van der Waals surface area contributed by atoms with E-state index in [0.29, 0.717) is 11.3 Å². The van der Waals surface area contributed by atoms with Crippen LogP contribution in [0.25, 0.3) is 10.8 Å². The van der Waals surface area contributed by atoms with Crippen LogP contribution >= 0.6 is 0 Å². The molecule has 0 bridgehead atoms. The number of benzene rings is 3. The zero-order valence-corrected chi connectivity index (χ0v) is 16.1. The van der Waals surface area contributed by atoms with Crippen LogP contribution in [0.4, 0.5) is 0 Å². The molecule has 0 saturated heterocycles. The molecule has 0 atom stereocenters. The number of hydrogen-bond donors (Lipinski definition) is 2. The van der Waals surface area contributed by atoms with Gasteiger partial charge in [-0.15, -0.1) is 0 Å². The van der Waals surface area contributed by atoms with Gasteiger partial charge >= 0.3 is 5.97 Å². The van der Waals surface area contributed by atoms with Crippen LogP contribution in [0.3, 0.4) is 0 Å². The molecule has 0 aliphatic heterocycles. The summed E-state index contributed by atoms with van der Waals surface area (Å²) in [4.78, 5) is 24.5. The molecule has 0 aliphatic carbocycles. The van der Waals surface area contributed by atoms with E-state index in [9.17, 15) is 9.59 Å². The molecule has 7 heteroatoms. The monoisotopic (exact) mass is 398 g/mol. The maximum atomic E-state index is 12.6. The lowest BCUT2D eigenvalue weighted by atomic mass is 10.0. The smallest absolute Gasteiger partial charge is 0.344 e. The molecule has 0 spiro atoms. The molecule has 0 saturated carbocycles. The number of aryl methyl sites for hydroxylation is 1. The molecule has 3 aromatic carbocycles. The molecule has 0 unspecified atom stereocenters. The van der Waals surface area contributed by atoms with E-state index in [4.69, 9.17) is 4.74 Å². The van der Waals surface area contributed by atoms with E-state index in [2.05, 4.69) is 20.7 Å². The van der Waals surface area contributed by atoms with Gasteiger partial charge in [-0.25, -0.2) is 10.2 Å². The standard InChI is InChI=1S/C23H18N4O3/c1-15-13-21(26-25-15)22(28)27-24-14-16-9-11-18(12-10-16)30-23(29)20-8-4-6-17-5-2-3-7-19(17)20/h2-14H,1H3,(H,25,26)(H,27,28)/b24-14+. The SMILES string of the molecule is Cc1cc(C(=O)N/N=C/c2ccc(OC(=O)c3cccc4ccccc34)cc2)n[nH]1. The molecule has 7 nitrogen and oxygen atoms in total. The fourth-order valence-corrected chi connectivity index (χ4v) is 2.94. The minimum atomic E-state index is -0.422. The average Bonchev–Trinajstić information content (AvgIpc) is 3.21. The number of nitrogens with one attached hydrogen (secondary N) is 2. The fraction of sp³-hybridized carbons (Fsp3) is 0.0435. The molecular weight excluding hydrogens is 380 g/mol. The lowest BCUT2D eigenvalue weighted by molar-refractivity contribution is 0.0736. The molecule has 4 aromatic rings. The Hall–Kier alpha value is -4.26. The number of H-pyrrole nitrogens is 1. The van der Waals surface area contributed by atoms with Crippen LogP contribution in [-0.2, 0) is 0 Å². The topological polar surface area (TPSA) is 96.4 Å². The van der Waals surface area contributed by atoms with Gasteiger partial charge in [0, 0.05) is 5.69 Å². The van der Waals surface area contributed by atoms with E-state index in [1.165, 1.54) is 6.21 Å². The zero-order valence-electron chi connectivity index (χ0n) is 16.1. The number of nitrogens with zero attached hydrogens (tertiary/aromatic N) is 2. The van der Waals surface area contributed by atoms with Crippen molar-refractivity contribution in [2.75, 3.05) is 0 Å². The summed E-state index contributed by atoms with van der Waals surface area (Å²) in [6.45, 7) is 1.81. The summed E-state index contributed by atoms with van der Waals surface area (Å²) in [7, 11) is 0. The molecule has 0 radical (unpaired) electrons. The highest BCUT2D eigenvalue weighted by Crippen LogP contribution is 2.21. The first-order chi connectivity index (χ1) is 14.6. The van der Waals surface area contributed by atoms with Crippen molar-refractivity contribution < 1.29 is 14.3 Å². The first-order valence-electron chi connectivity index (χ1n) is 9.25. The van der Waals surface area contributed by atoms with Crippen LogP contribution in [0.2, 0.25) is 0 Å². The van der Waals surface area contributed by atoms with Gasteiger partial charge in [0.25, 0.3) is 5.91 Å². The summed E-state index contributed by atoms with van der Waals surface area (Å²) in [5.74, 6) is -0.410. The lowest BCUT2D eigenvalue weighted by Crippen LogP contribution is -2.18. The molecule has 148 valence electrons. The minimum absolute atomic E-state index is 0.264. The highest BCUT2D eigenvalue weighted by molar-refractivity contribution is 6.05. The van der Waals surface area contributed by atoms with Gasteiger partial charge in [0.05, 0.1) is 11.8 Å². The fourth-order valence-electron chi connectivity index (χ4n) is 2.94. The number of rotatable bonds is 5. The Bertz CT molecular complexity index is 1240. The molecule has 1 heterocycles. The van der Waals surface area contributed by atoms with Crippen molar-refractivity contribution in [3.63, 3.8) is 0 Å². The van der Waals surface area contributed by atoms with Crippen molar-refractivity contribution in [2.45, 2.75) is 6.92 Å². The van der Waals surface area contributed by atoms with Crippen LogP contribution < -0.4 is 10.2 Å². The third kappa shape index (κ3) is 4.25. The second-order valence-corrected chi connectivity index (χ2v) is 6.62. The number of esters is 1. The molecule has 1 aromatic heterocycles. The van der Waals surface area contributed by atoms with Gasteiger partial charge in [-0.2, -0.15) is 10.2 Å². The number of carbonyl (C=O) groups excluding carboxylic acids is 2. The minimum Gasteiger partial charge on any atom is -0.423 e. The van der Waals surface area contributed by atoms with E-state index >= 15 is 0 Å². The van der Waals surface area contributed by atoms with Crippen molar-refractivity contribution in [3.05, 3.63) is 95.3 Å². The normalized spacial score (nSPS) is 11.0. The Labute approximate surface area is 172 Å². The summed E-state index contributed by atoms with van der Waals surface area (Å²) in [5.41, 5.74) is 4.71. The van der Waals surface area contributed by atoms with E-state index in [-0.39, 0.29) is 5.69 Å². The predicted octanol–water partition coefficient (Wildman–Crippen LogP) is 3.85. The Balaban J connectivity index is 1.39. The number of ether oxygens (including phenoxy) is 1. The van der Waals surface area contributed by atoms with Gasteiger partial charge in [0.2, 0.25) is 0 Å². The molecule has 1 amide bonds. The maximum Gasteiger partial charge on any atom is 0.344 e. The summed E-state index contributed by atoms with van der Waals surface area (Å²) >= 11 is 0. The molecule has 2 N–H and O–H groups in total. The number of carbonyl (C=O) groups is 2. The summed E-state index contributed by atoms with van der Waals surface area (Å²) in [6.07, 6.45) is 1.49. The summed E-state index contributed by atoms with van der Waals surface area (Å²) < 4.78 is 5.50. The van der Waals surface area contributed by atoms with Gasteiger partial charge in [-0.1, -0.05) is 36.4 Å². The number of aromatic amines is 1. The molecule has 30 heavy (non-hydrogen) atoms. The number of hydrogen-bond acceptors (Lipinski definition) is 5. The van der Waals surface area contributed by atoms with Crippen molar-refractivity contribution >= 4 is 28.9 Å². The summed E-state index contributed by atoms with van der Waals surface area (Å²) in [5, 5.41) is 12.3. The van der Waals surface area contributed by atoms with Crippen LogP contribution in [0, 0.1) is 6.92 Å². The van der Waals surface area contributed by atoms with Crippen molar-refractivity contribution in [2.24, 2.45) is 5.10 Å². The number of fused-ring (bicyclic) bond motifs is 1. The van der Waals surface area contributed by atoms with Crippen LogP contribution in [0.5, 0.6) is 5.75 Å². The first-order valence-corrected chi connectivity index (χ1v) is 9.25. The van der Waals surface area contributed by atoms with Crippen molar-refractivity contribution in [1.29, 1.82) is 0 Å². The van der Waals surface area contributed by atoms with Gasteiger partial charge in [0.1, 0.15) is 5.75 Å². The third-order valence-electron chi connectivity index (χ3n) is 4.42. The van der Waals surface area contributed by atoms with Gasteiger partial charge < -0.3 is 4.74 Å². The van der Waals surface area contributed by atoms with Crippen molar-refractivity contribution in [1.82, 2.24) is 15.6 Å². The molecule has 0 fully saturated rings. The van der Waals surface area contributed by atoms with Crippen LogP contribution in [0.1, 0.15) is 32.1 Å². The van der Waals surface area contributed by atoms with Crippen LogP contribution in [-0.4, -0.2) is 28.3 Å². The zero-order chi connectivity index (χ0) is 20.9. The second-order valence-electron chi connectivity index (χ2n) is 6.62. The van der Waals surface area contributed by atoms with E-state index < -0.39 is 11.9 Å². The second kappa shape index (κ2) is 8.40. The highest BCUT2D eigenvalue weighted by Gasteiger charge is 2.12. The maximum absolute atomic E-state index is 12.6. The average molecular weight is 398 g/mol. The highest BCUT2D eigenvalue weighted by atomic mass is 16.5. The van der Waals surface area contributed by atoms with E-state index in [0.717, 1.165) is 22.0 Å². The molecule has 4 rings (SSSR count). The van der Waals surface area contributed by atoms with E-state index in [1.807, 2.05) is 43.3 Å². The Morgan fingerprint density at radius 2 is 1.80 bits per heavy atom.